The van der Waals surface area contributed by atoms with Gasteiger partial charge in [-0.3, -0.25) is 9.59 Å². The van der Waals surface area contributed by atoms with Crippen LogP contribution in [0.1, 0.15) is 52.2 Å². The third-order valence-corrected chi connectivity index (χ3v) is 5.19. The lowest BCUT2D eigenvalue weighted by molar-refractivity contribution is 0.0937. The van der Waals surface area contributed by atoms with Crippen LogP contribution in [0.5, 0.6) is 5.75 Å². The van der Waals surface area contributed by atoms with Crippen LogP contribution in [0.25, 0.3) is 0 Å². The van der Waals surface area contributed by atoms with E-state index in [1.165, 1.54) is 19.1 Å². The largest absolute Gasteiger partial charge is 0.489 e. The summed E-state index contributed by atoms with van der Waals surface area (Å²) < 4.78 is 11.1. The number of anilines is 1. The normalized spacial score (nSPS) is 13.7. The molecular formula is C24H24N2O4. The molecule has 0 radical (unpaired) electrons. The highest BCUT2D eigenvalue weighted by atomic mass is 16.5. The summed E-state index contributed by atoms with van der Waals surface area (Å²) in [5.41, 5.74) is 1.82. The van der Waals surface area contributed by atoms with Gasteiger partial charge in [0.05, 0.1) is 6.26 Å². The van der Waals surface area contributed by atoms with Crippen LogP contribution in [0.2, 0.25) is 0 Å². The summed E-state index contributed by atoms with van der Waals surface area (Å²) >= 11 is 0. The van der Waals surface area contributed by atoms with Crippen LogP contribution in [0.3, 0.4) is 0 Å². The number of amides is 2. The van der Waals surface area contributed by atoms with Gasteiger partial charge in [0.1, 0.15) is 12.4 Å². The quantitative estimate of drug-likeness (QED) is 0.594. The number of rotatable bonds is 7. The van der Waals surface area contributed by atoms with Crippen LogP contribution in [0.15, 0.2) is 71.3 Å². The fraction of sp³-hybridized carbons (Fsp3) is 0.250. The summed E-state index contributed by atoms with van der Waals surface area (Å²) in [6, 6.07) is 18.2. The molecule has 1 aliphatic rings. The molecule has 154 valence electrons. The van der Waals surface area contributed by atoms with E-state index in [9.17, 15) is 9.59 Å². The van der Waals surface area contributed by atoms with Gasteiger partial charge in [-0.05, 0) is 55.3 Å². The number of carbonyl (C=O) groups excluding carboxylic acids is 2. The lowest BCUT2D eigenvalue weighted by Gasteiger charge is -2.12. The van der Waals surface area contributed by atoms with E-state index >= 15 is 0 Å². The number of hydrogen-bond donors (Lipinski definition) is 2. The van der Waals surface area contributed by atoms with Crippen molar-refractivity contribution in [2.75, 3.05) is 5.32 Å². The fourth-order valence-corrected chi connectivity index (χ4v) is 3.56. The van der Waals surface area contributed by atoms with Crippen molar-refractivity contribution in [1.82, 2.24) is 5.32 Å². The monoisotopic (exact) mass is 404 g/mol. The molecule has 1 aromatic heterocycles. The van der Waals surface area contributed by atoms with E-state index in [1.807, 2.05) is 30.3 Å². The Morgan fingerprint density at radius 2 is 1.67 bits per heavy atom. The molecule has 1 aliphatic carbocycles. The van der Waals surface area contributed by atoms with E-state index in [4.69, 9.17) is 9.15 Å². The minimum absolute atomic E-state index is 0.0776. The van der Waals surface area contributed by atoms with Crippen molar-refractivity contribution in [3.05, 3.63) is 83.8 Å². The number of nitrogens with one attached hydrogen (secondary N) is 2. The topological polar surface area (TPSA) is 80.6 Å². The minimum Gasteiger partial charge on any atom is -0.489 e. The number of furan rings is 1. The Morgan fingerprint density at radius 3 is 2.40 bits per heavy atom. The first kappa shape index (κ1) is 19.8. The smallest absolute Gasteiger partial charge is 0.291 e. The number of ether oxygens (including phenoxy) is 1. The zero-order chi connectivity index (χ0) is 20.8. The molecule has 1 saturated carbocycles. The van der Waals surface area contributed by atoms with Gasteiger partial charge in [0.15, 0.2) is 5.76 Å². The van der Waals surface area contributed by atoms with Crippen molar-refractivity contribution in [1.29, 1.82) is 0 Å². The second-order valence-electron chi connectivity index (χ2n) is 7.36. The van der Waals surface area contributed by atoms with Gasteiger partial charge in [0, 0.05) is 22.9 Å². The molecule has 0 unspecified atom stereocenters. The van der Waals surface area contributed by atoms with Gasteiger partial charge in [0.2, 0.25) is 0 Å². The van der Waals surface area contributed by atoms with Crippen LogP contribution < -0.4 is 15.4 Å². The third kappa shape index (κ3) is 4.89. The lowest BCUT2D eigenvalue weighted by Crippen LogP contribution is -2.32. The summed E-state index contributed by atoms with van der Waals surface area (Å²) in [5.74, 6) is 0.478. The maximum absolute atomic E-state index is 12.6. The van der Waals surface area contributed by atoms with Gasteiger partial charge in [-0.15, -0.1) is 0 Å². The van der Waals surface area contributed by atoms with Gasteiger partial charge in [-0.1, -0.05) is 31.0 Å². The van der Waals surface area contributed by atoms with Crippen molar-refractivity contribution in [2.24, 2.45) is 0 Å². The molecule has 6 heteroatoms. The molecule has 0 bridgehead atoms. The molecule has 2 N–H and O–H groups in total. The summed E-state index contributed by atoms with van der Waals surface area (Å²) in [5, 5.41) is 5.86. The van der Waals surface area contributed by atoms with E-state index in [1.54, 1.807) is 30.3 Å². The van der Waals surface area contributed by atoms with E-state index in [-0.39, 0.29) is 30.2 Å². The van der Waals surface area contributed by atoms with Crippen molar-refractivity contribution in [3.8, 4) is 5.75 Å². The Kier molecular flexibility index (Phi) is 6.13. The molecule has 0 atom stereocenters. The van der Waals surface area contributed by atoms with Crippen molar-refractivity contribution in [2.45, 2.75) is 38.3 Å². The summed E-state index contributed by atoms with van der Waals surface area (Å²) in [4.78, 5) is 24.9. The molecule has 0 spiro atoms. The van der Waals surface area contributed by atoms with Crippen LogP contribution in [-0.2, 0) is 6.61 Å². The Bertz CT molecular complexity index is 990. The maximum atomic E-state index is 12.6. The zero-order valence-corrected chi connectivity index (χ0v) is 16.6. The first-order chi connectivity index (χ1) is 14.7. The summed E-state index contributed by atoms with van der Waals surface area (Å²) in [7, 11) is 0. The first-order valence-electron chi connectivity index (χ1n) is 10.2. The third-order valence-electron chi connectivity index (χ3n) is 5.19. The molecule has 1 fully saturated rings. The van der Waals surface area contributed by atoms with Crippen molar-refractivity contribution in [3.63, 3.8) is 0 Å². The van der Waals surface area contributed by atoms with Crippen LogP contribution in [-0.4, -0.2) is 17.9 Å². The number of para-hydroxylation sites is 1. The highest BCUT2D eigenvalue weighted by Gasteiger charge is 2.19. The van der Waals surface area contributed by atoms with Gasteiger partial charge >= 0.3 is 0 Å². The Labute approximate surface area is 175 Å². The molecule has 30 heavy (non-hydrogen) atoms. The first-order valence-corrected chi connectivity index (χ1v) is 10.2. The highest BCUT2D eigenvalue weighted by Crippen LogP contribution is 2.20. The molecular weight excluding hydrogens is 380 g/mol. The molecule has 3 aromatic rings. The number of benzene rings is 2. The predicted molar refractivity (Wildman–Crippen MR) is 114 cm³/mol. The Hall–Kier alpha value is -3.54. The van der Waals surface area contributed by atoms with E-state index in [2.05, 4.69) is 10.6 Å². The number of carbonyl (C=O) groups is 2. The second kappa shape index (κ2) is 9.31. The van der Waals surface area contributed by atoms with Crippen LogP contribution in [0, 0.1) is 0 Å². The highest BCUT2D eigenvalue weighted by molar-refractivity contribution is 6.03. The summed E-state index contributed by atoms with van der Waals surface area (Å²) in [6.45, 7) is 0.226. The molecule has 0 aliphatic heterocycles. The van der Waals surface area contributed by atoms with E-state index in [0.29, 0.717) is 16.8 Å². The molecule has 6 nitrogen and oxygen atoms in total. The zero-order valence-electron chi connectivity index (χ0n) is 16.6. The lowest BCUT2D eigenvalue weighted by atomic mass is 10.1. The van der Waals surface area contributed by atoms with Gasteiger partial charge < -0.3 is 19.8 Å². The minimum atomic E-state index is -0.366. The SMILES string of the molecule is O=C(NC1CCCC1)c1ccc(NC(=O)c2occc2COc2ccccc2)cc1. The summed E-state index contributed by atoms with van der Waals surface area (Å²) in [6.07, 6.45) is 5.88. The predicted octanol–water partition coefficient (Wildman–Crippen LogP) is 4.78. The fourth-order valence-electron chi connectivity index (χ4n) is 3.56. The molecule has 0 saturated heterocycles. The van der Waals surface area contributed by atoms with Crippen LogP contribution >= 0.6 is 0 Å². The average Bonchev–Trinajstić information content (AvgIpc) is 3.45. The van der Waals surface area contributed by atoms with Crippen LogP contribution in [0.4, 0.5) is 5.69 Å². The van der Waals surface area contributed by atoms with Gasteiger partial charge in [-0.25, -0.2) is 0 Å². The maximum Gasteiger partial charge on any atom is 0.291 e. The molecule has 2 amide bonds. The standard InChI is InChI=1S/C24H24N2O4/c27-23(25-19-6-4-5-7-19)17-10-12-20(13-11-17)26-24(28)22-18(14-15-29-22)16-30-21-8-2-1-3-9-21/h1-3,8-15,19H,4-7,16H2,(H,25,27)(H,26,28). The van der Waals surface area contributed by atoms with Crippen molar-refractivity contribution >= 4 is 17.5 Å². The van der Waals surface area contributed by atoms with E-state index in [0.717, 1.165) is 18.6 Å². The Morgan fingerprint density at radius 1 is 0.933 bits per heavy atom. The second-order valence-corrected chi connectivity index (χ2v) is 7.36. The molecule has 1 heterocycles. The van der Waals surface area contributed by atoms with Gasteiger partial charge in [0.25, 0.3) is 11.8 Å². The number of hydrogen-bond acceptors (Lipinski definition) is 4. The van der Waals surface area contributed by atoms with Gasteiger partial charge in [-0.2, -0.15) is 0 Å². The molecule has 4 rings (SSSR count). The molecule has 2 aromatic carbocycles. The van der Waals surface area contributed by atoms with E-state index < -0.39 is 0 Å². The van der Waals surface area contributed by atoms with Crippen molar-refractivity contribution < 1.29 is 18.7 Å². The Balaban J connectivity index is 1.35. The average molecular weight is 404 g/mol.